The molecule has 4 nitrogen and oxygen atoms in total. The van der Waals surface area contributed by atoms with Crippen molar-refractivity contribution in [2.75, 3.05) is 10.6 Å². The van der Waals surface area contributed by atoms with Gasteiger partial charge in [0, 0.05) is 23.2 Å². The van der Waals surface area contributed by atoms with Crippen LogP contribution in [-0.2, 0) is 9.59 Å². The standard InChI is InChI=1S/C18H28N2O2/c1-5-9-13(4)17(21)19-15-10-8-11-16(12-15)20-18(22)14(6-2)7-3/h8,10-14H,5-7,9H2,1-4H3,(H,19,21)(H,20,22). The van der Waals surface area contributed by atoms with E-state index in [2.05, 4.69) is 17.6 Å². The van der Waals surface area contributed by atoms with Gasteiger partial charge in [-0.25, -0.2) is 0 Å². The van der Waals surface area contributed by atoms with Crippen LogP contribution in [0.15, 0.2) is 24.3 Å². The first kappa shape index (κ1) is 18.2. The molecule has 2 amide bonds. The van der Waals surface area contributed by atoms with Crippen LogP contribution < -0.4 is 10.6 Å². The first-order valence-corrected chi connectivity index (χ1v) is 8.23. The van der Waals surface area contributed by atoms with Crippen LogP contribution in [0.2, 0.25) is 0 Å². The minimum absolute atomic E-state index is 0.00666. The Balaban J connectivity index is 2.70. The maximum Gasteiger partial charge on any atom is 0.227 e. The van der Waals surface area contributed by atoms with Gasteiger partial charge in [0.1, 0.15) is 0 Å². The van der Waals surface area contributed by atoms with Crippen LogP contribution >= 0.6 is 0 Å². The van der Waals surface area contributed by atoms with Gasteiger partial charge >= 0.3 is 0 Å². The maximum absolute atomic E-state index is 12.1. The van der Waals surface area contributed by atoms with E-state index < -0.39 is 0 Å². The molecule has 0 saturated carbocycles. The molecule has 22 heavy (non-hydrogen) atoms. The second-order valence-corrected chi connectivity index (χ2v) is 5.76. The second kappa shape index (κ2) is 9.23. The van der Waals surface area contributed by atoms with Crippen molar-refractivity contribution in [3.8, 4) is 0 Å². The summed E-state index contributed by atoms with van der Waals surface area (Å²) in [5, 5.41) is 5.83. The Labute approximate surface area is 133 Å². The number of hydrogen-bond donors (Lipinski definition) is 2. The largest absolute Gasteiger partial charge is 0.326 e. The smallest absolute Gasteiger partial charge is 0.227 e. The second-order valence-electron chi connectivity index (χ2n) is 5.76. The SMILES string of the molecule is CCCC(C)C(=O)Nc1cccc(NC(=O)C(CC)CC)c1. The quantitative estimate of drug-likeness (QED) is 0.746. The zero-order valence-corrected chi connectivity index (χ0v) is 14.1. The van der Waals surface area contributed by atoms with Crippen LogP contribution in [0, 0.1) is 11.8 Å². The van der Waals surface area contributed by atoms with Gasteiger partial charge in [-0.05, 0) is 37.5 Å². The van der Waals surface area contributed by atoms with Gasteiger partial charge in [-0.1, -0.05) is 40.2 Å². The average molecular weight is 304 g/mol. The number of nitrogens with one attached hydrogen (secondary N) is 2. The van der Waals surface area contributed by atoms with E-state index in [1.54, 1.807) is 6.07 Å². The number of anilines is 2. The van der Waals surface area contributed by atoms with Gasteiger partial charge in [0.2, 0.25) is 11.8 Å². The van der Waals surface area contributed by atoms with E-state index in [-0.39, 0.29) is 23.7 Å². The molecule has 4 heteroatoms. The molecule has 0 radical (unpaired) electrons. The molecule has 0 aromatic heterocycles. The van der Waals surface area contributed by atoms with E-state index in [0.29, 0.717) is 0 Å². The highest BCUT2D eigenvalue weighted by atomic mass is 16.2. The predicted molar refractivity (Wildman–Crippen MR) is 91.8 cm³/mol. The molecule has 0 aliphatic carbocycles. The van der Waals surface area contributed by atoms with Crippen molar-refractivity contribution in [2.24, 2.45) is 11.8 Å². The Morgan fingerprint density at radius 3 is 2.05 bits per heavy atom. The summed E-state index contributed by atoms with van der Waals surface area (Å²) in [6.45, 7) is 8.02. The van der Waals surface area contributed by atoms with Crippen molar-refractivity contribution in [1.82, 2.24) is 0 Å². The molecular weight excluding hydrogens is 276 g/mol. The maximum atomic E-state index is 12.1. The molecule has 0 heterocycles. The summed E-state index contributed by atoms with van der Waals surface area (Å²) in [4.78, 5) is 24.1. The highest BCUT2D eigenvalue weighted by molar-refractivity contribution is 5.95. The summed E-state index contributed by atoms with van der Waals surface area (Å²) in [5.74, 6) is 0.0776. The van der Waals surface area contributed by atoms with Crippen LogP contribution in [0.5, 0.6) is 0 Å². The first-order valence-electron chi connectivity index (χ1n) is 8.23. The topological polar surface area (TPSA) is 58.2 Å². The molecule has 1 aromatic rings. The fourth-order valence-corrected chi connectivity index (χ4v) is 2.41. The number of benzene rings is 1. The van der Waals surface area contributed by atoms with Crippen LogP contribution in [0.4, 0.5) is 11.4 Å². The highest BCUT2D eigenvalue weighted by Crippen LogP contribution is 2.19. The normalized spacial score (nSPS) is 12.0. The molecule has 1 unspecified atom stereocenters. The van der Waals surface area contributed by atoms with Crippen molar-refractivity contribution in [1.29, 1.82) is 0 Å². The first-order chi connectivity index (χ1) is 10.5. The van der Waals surface area contributed by atoms with Gasteiger partial charge in [-0.15, -0.1) is 0 Å². The molecule has 0 aliphatic rings. The van der Waals surface area contributed by atoms with Crippen LogP contribution in [-0.4, -0.2) is 11.8 Å². The van der Waals surface area contributed by atoms with Gasteiger partial charge in [-0.3, -0.25) is 9.59 Å². The van der Waals surface area contributed by atoms with Crippen molar-refractivity contribution in [3.05, 3.63) is 24.3 Å². The minimum Gasteiger partial charge on any atom is -0.326 e. The number of rotatable bonds is 8. The Hall–Kier alpha value is -1.84. The van der Waals surface area contributed by atoms with Crippen LogP contribution in [0.25, 0.3) is 0 Å². The Kier molecular flexibility index (Phi) is 7.64. The third-order valence-electron chi connectivity index (χ3n) is 3.92. The van der Waals surface area contributed by atoms with E-state index in [9.17, 15) is 9.59 Å². The summed E-state index contributed by atoms with van der Waals surface area (Å²) in [5.41, 5.74) is 1.44. The minimum atomic E-state index is -0.00666. The molecule has 0 spiro atoms. The lowest BCUT2D eigenvalue weighted by atomic mass is 10.0. The van der Waals surface area contributed by atoms with E-state index in [0.717, 1.165) is 37.1 Å². The lowest BCUT2D eigenvalue weighted by molar-refractivity contribution is -0.120. The van der Waals surface area contributed by atoms with Gasteiger partial charge in [0.15, 0.2) is 0 Å². The summed E-state index contributed by atoms with van der Waals surface area (Å²) in [7, 11) is 0. The Bertz CT molecular complexity index is 496. The van der Waals surface area contributed by atoms with E-state index in [4.69, 9.17) is 0 Å². The number of amides is 2. The molecule has 0 aliphatic heterocycles. The van der Waals surface area contributed by atoms with Gasteiger partial charge < -0.3 is 10.6 Å². The number of hydrogen-bond acceptors (Lipinski definition) is 2. The molecule has 2 N–H and O–H groups in total. The van der Waals surface area contributed by atoms with Crippen molar-refractivity contribution in [3.63, 3.8) is 0 Å². The van der Waals surface area contributed by atoms with E-state index in [1.165, 1.54) is 0 Å². The average Bonchev–Trinajstić information content (AvgIpc) is 2.49. The Morgan fingerprint density at radius 2 is 1.55 bits per heavy atom. The van der Waals surface area contributed by atoms with Gasteiger partial charge in [0.25, 0.3) is 0 Å². The number of carbonyl (C=O) groups is 2. The summed E-state index contributed by atoms with van der Waals surface area (Å²) < 4.78 is 0. The van der Waals surface area contributed by atoms with Crippen molar-refractivity contribution in [2.45, 2.75) is 53.4 Å². The predicted octanol–water partition coefficient (Wildman–Crippen LogP) is 4.44. The number of carbonyl (C=O) groups excluding carboxylic acids is 2. The van der Waals surface area contributed by atoms with Crippen LogP contribution in [0.3, 0.4) is 0 Å². The molecule has 1 atom stereocenters. The molecule has 122 valence electrons. The molecule has 0 bridgehead atoms. The van der Waals surface area contributed by atoms with Gasteiger partial charge in [-0.2, -0.15) is 0 Å². The highest BCUT2D eigenvalue weighted by Gasteiger charge is 2.15. The summed E-state index contributed by atoms with van der Waals surface area (Å²) in [6, 6.07) is 7.31. The molecule has 1 aromatic carbocycles. The fourth-order valence-electron chi connectivity index (χ4n) is 2.41. The molecular formula is C18H28N2O2. The molecule has 0 saturated heterocycles. The molecule has 0 fully saturated rings. The van der Waals surface area contributed by atoms with Crippen molar-refractivity contribution >= 4 is 23.2 Å². The van der Waals surface area contributed by atoms with E-state index in [1.807, 2.05) is 39.0 Å². The lowest BCUT2D eigenvalue weighted by Gasteiger charge is -2.14. The third kappa shape index (κ3) is 5.51. The van der Waals surface area contributed by atoms with Crippen molar-refractivity contribution < 1.29 is 9.59 Å². The molecule has 1 rings (SSSR count). The summed E-state index contributed by atoms with van der Waals surface area (Å²) >= 11 is 0. The van der Waals surface area contributed by atoms with Crippen LogP contribution in [0.1, 0.15) is 53.4 Å². The zero-order chi connectivity index (χ0) is 16.5. The summed E-state index contributed by atoms with van der Waals surface area (Å²) in [6.07, 6.45) is 3.51. The third-order valence-corrected chi connectivity index (χ3v) is 3.92. The lowest BCUT2D eigenvalue weighted by Crippen LogP contribution is -2.22. The monoisotopic (exact) mass is 304 g/mol. The van der Waals surface area contributed by atoms with E-state index >= 15 is 0 Å². The van der Waals surface area contributed by atoms with Gasteiger partial charge in [0.05, 0.1) is 0 Å². The fraction of sp³-hybridized carbons (Fsp3) is 0.556. The zero-order valence-electron chi connectivity index (χ0n) is 14.1. The Morgan fingerprint density at radius 1 is 1.00 bits per heavy atom.